The summed E-state index contributed by atoms with van der Waals surface area (Å²) in [4.78, 5) is 14.2. The summed E-state index contributed by atoms with van der Waals surface area (Å²) in [6.07, 6.45) is 0.578. The third-order valence-corrected chi connectivity index (χ3v) is 4.94. The minimum absolute atomic E-state index is 0.317. The normalized spacial score (nSPS) is 26.5. The van der Waals surface area contributed by atoms with Crippen molar-refractivity contribution in [1.82, 2.24) is 10.6 Å². The van der Waals surface area contributed by atoms with Gasteiger partial charge in [-0.2, -0.15) is 0 Å². The molecule has 2 aliphatic heterocycles. The molecule has 0 bridgehead atoms. The van der Waals surface area contributed by atoms with E-state index < -0.39 is 24.9 Å². The van der Waals surface area contributed by atoms with Crippen molar-refractivity contribution in [2.75, 3.05) is 31.1 Å². The first-order valence-corrected chi connectivity index (χ1v) is 8.62. The van der Waals surface area contributed by atoms with Crippen molar-refractivity contribution in [3.05, 3.63) is 28.7 Å². The molecule has 126 valence electrons. The van der Waals surface area contributed by atoms with Crippen molar-refractivity contribution in [2.24, 2.45) is 5.92 Å². The van der Waals surface area contributed by atoms with E-state index in [1.165, 1.54) is 0 Å². The van der Waals surface area contributed by atoms with Gasteiger partial charge in [0.15, 0.2) is 0 Å². The standard InChI is InChI=1S/C16H20BrF2N3O/c17-12-2-1-3-13(6-12)22-5-4-11(9-22)8-20-15(23)14-7-16(18,19)10-21-14/h1-3,6,11,14,21H,4-5,7-10H2,(H,20,23). The average molecular weight is 388 g/mol. The topological polar surface area (TPSA) is 44.4 Å². The van der Waals surface area contributed by atoms with Gasteiger partial charge in [-0.15, -0.1) is 0 Å². The third-order valence-electron chi connectivity index (χ3n) is 4.45. The van der Waals surface area contributed by atoms with E-state index in [4.69, 9.17) is 0 Å². The highest BCUT2D eigenvalue weighted by atomic mass is 79.9. The van der Waals surface area contributed by atoms with Gasteiger partial charge in [0.05, 0.1) is 12.6 Å². The molecule has 2 heterocycles. The number of carbonyl (C=O) groups excluding carboxylic acids is 1. The van der Waals surface area contributed by atoms with Crippen LogP contribution in [0.1, 0.15) is 12.8 Å². The Hall–Kier alpha value is -1.21. The Morgan fingerprint density at radius 1 is 1.48 bits per heavy atom. The predicted octanol–water partition coefficient (Wildman–Crippen LogP) is 2.39. The molecule has 2 fully saturated rings. The zero-order valence-electron chi connectivity index (χ0n) is 12.7. The van der Waals surface area contributed by atoms with Crippen LogP contribution in [0.3, 0.4) is 0 Å². The number of nitrogens with zero attached hydrogens (tertiary/aromatic N) is 1. The Morgan fingerprint density at radius 3 is 3.00 bits per heavy atom. The number of carbonyl (C=O) groups is 1. The van der Waals surface area contributed by atoms with Gasteiger partial charge < -0.3 is 10.2 Å². The molecule has 0 radical (unpaired) electrons. The van der Waals surface area contributed by atoms with Gasteiger partial charge in [-0.1, -0.05) is 22.0 Å². The summed E-state index contributed by atoms with van der Waals surface area (Å²) < 4.78 is 27.3. The SMILES string of the molecule is O=C(NCC1CCN(c2cccc(Br)c2)C1)C1CC(F)(F)CN1. The molecular weight excluding hydrogens is 368 g/mol. The molecule has 4 nitrogen and oxygen atoms in total. The molecule has 1 amide bonds. The Kier molecular flexibility index (Phi) is 4.87. The molecule has 1 aromatic carbocycles. The molecule has 23 heavy (non-hydrogen) atoms. The van der Waals surface area contributed by atoms with Crippen LogP contribution in [0.2, 0.25) is 0 Å². The van der Waals surface area contributed by atoms with Gasteiger partial charge in [0, 0.05) is 36.2 Å². The number of amides is 1. The second-order valence-electron chi connectivity index (χ2n) is 6.32. The van der Waals surface area contributed by atoms with Crippen molar-refractivity contribution in [1.29, 1.82) is 0 Å². The highest BCUT2D eigenvalue weighted by Gasteiger charge is 2.42. The van der Waals surface area contributed by atoms with Crippen molar-refractivity contribution in [3.8, 4) is 0 Å². The summed E-state index contributed by atoms with van der Waals surface area (Å²) in [6, 6.07) is 7.36. The minimum atomic E-state index is -2.77. The van der Waals surface area contributed by atoms with E-state index in [9.17, 15) is 13.6 Å². The van der Waals surface area contributed by atoms with Crippen LogP contribution in [-0.2, 0) is 4.79 Å². The molecule has 2 saturated heterocycles. The fraction of sp³-hybridized carbons (Fsp3) is 0.562. The maximum absolute atomic E-state index is 13.1. The van der Waals surface area contributed by atoms with Crippen LogP contribution in [0.4, 0.5) is 14.5 Å². The quantitative estimate of drug-likeness (QED) is 0.833. The van der Waals surface area contributed by atoms with Gasteiger partial charge in [0.25, 0.3) is 5.92 Å². The van der Waals surface area contributed by atoms with Crippen molar-refractivity contribution >= 4 is 27.5 Å². The highest BCUT2D eigenvalue weighted by Crippen LogP contribution is 2.27. The summed E-state index contributed by atoms with van der Waals surface area (Å²) in [5, 5.41) is 5.40. The average Bonchev–Trinajstić information content (AvgIpc) is 3.11. The summed E-state index contributed by atoms with van der Waals surface area (Å²) in [5.74, 6) is -2.74. The number of benzene rings is 1. The smallest absolute Gasteiger partial charge is 0.262 e. The van der Waals surface area contributed by atoms with Crippen LogP contribution >= 0.6 is 15.9 Å². The van der Waals surface area contributed by atoms with E-state index in [0.717, 1.165) is 29.7 Å². The maximum Gasteiger partial charge on any atom is 0.262 e. The predicted molar refractivity (Wildman–Crippen MR) is 88.8 cm³/mol. The minimum Gasteiger partial charge on any atom is -0.371 e. The molecule has 2 atom stereocenters. The van der Waals surface area contributed by atoms with E-state index in [1.54, 1.807) is 0 Å². The lowest BCUT2D eigenvalue weighted by atomic mass is 10.1. The summed E-state index contributed by atoms with van der Waals surface area (Å²) in [5.41, 5.74) is 1.16. The molecule has 0 aliphatic carbocycles. The van der Waals surface area contributed by atoms with Gasteiger partial charge >= 0.3 is 0 Å². The van der Waals surface area contributed by atoms with Crippen molar-refractivity contribution < 1.29 is 13.6 Å². The summed E-state index contributed by atoms with van der Waals surface area (Å²) >= 11 is 3.47. The third kappa shape index (κ3) is 4.20. The van der Waals surface area contributed by atoms with E-state index in [1.807, 2.05) is 12.1 Å². The first kappa shape index (κ1) is 16.6. The van der Waals surface area contributed by atoms with E-state index in [-0.39, 0.29) is 5.91 Å². The first-order valence-electron chi connectivity index (χ1n) is 7.82. The number of hydrogen-bond acceptors (Lipinski definition) is 3. The van der Waals surface area contributed by atoms with Crippen LogP contribution in [0, 0.1) is 5.92 Å². The summed E-state index contributed by atoms with van der Waals surface area (Å²) in [7, 11) is 0. The van der Waals surface area contributed by atoms with Crippen LogP contribution in [0.25, 0.3) is 0 Å². The lowest BCUT2D eigenvalue weighted by Gasteiger charge is -2.19. The van der Waals surface area contributed by atoms with Crippen molar-refractivity contribution in [3.63, 3.8) is 0 Å². The monoisotopic (exact) mass is 387 g/mol. The fourth-order valence-electron chi connectivity index (χ4n) is 3.18. The number of anilines is 1. The second kappa shape index (κ2) is 6.73. The number of alkyl halides is 2. The van der Waals surface area contributed by atoms with Gasteiger partial charge in [-0.05, 0) is 30.5 Å². The Balaban J connectivity index is 1.46. The fourth-order valence-corrected chi connectivity index (χ4v) is 3.56. The van der Waals surface area contributed by atoms with Crippen LogP contribution in [-0.4, -0.2) is 44.1 Å². The zero-order chi connectivity index (χ0) is 16.4. The molecule has 3 rings (SSSR count). The Labute approximate surface area is 142 Å². The van der Waals surface area contributed by atoms with E-state index in [2.05, 4.69) is 43.6 Å². The molecule has 2 N–H and O–H groups in total. The van der Waals surface area contributed by atoms with Crippen LogP contribution in [0.15, 0.2) is 28.7 Å². The second-order valence-corrected chi connectivity index (χ2v) is 7.23. The molecule has 0 saturated carbocycles. The molecule has 7 heteroatoms. The molecule has 0 spiro atoms. The molecule has 2 aliphatic rings. The Morgan fingerprint density at radius 2 is 2.30 bits per heavy atom. The highest BCUT2D eigenvalue weighted by molar-refractivity contribution is 9.10. The maximum atomic E-state index is 13.1. The largest absolute Gasteiger partial charge is 0.371 e. The molecule has 2 unspecified atom stereocenters. The van der Waals surface area contributed by atoms with E-state index in [0.29, 0.717) is 12.5 Å². The number of hydrogen-bond donors (Lipinski definition) is 2. The van der Waals surface area contributed by atoms with Crippen LogP contribution < -0.4 is 15.5 Å². The van der Waals surface area contributed by atoms with Gasteiger partial charge in [-0.3, -0.25) is 10.1 Å². The zero-order valence-corrected chi connectivity index (χ0v) is 14.3. The molecule has 0 aromatic heterocycles. The molecular formula is C16H20BrF2N3O. The number of halogens is 3. The lowest BCUT2D eigenvalue weighted by Crippen LogP contribution is -2.42. The van der Waals surface area contributed by atoms with Gasteiger partial charge in [0.2, 0.25) is 5.91 Å². The number of nitrogens with one attached hydrogen (secondary N) is 2. The summed E-state index contributed by atoms with van der Waals surface area (Å²) in [6.45, 7) is 1.93. The van der Waals surface area contributed by atoms with E-state index >= 15 is 0 Å². The van der Waals surface area contributed by atoms with Crippen LogP contribution in [0.5, 0.6) is 0 Å². The van der Waals surface area contributed by atoms with Gasteiger partial charge in [-0.25, -0.2) is 8.78 Å². The first-order chi connectivity index (χ1) is 10.9. The number of rotatable bonds is 4. The lowest BCUT2D eigenvalue weighted by molar-refractivity contribution is -0.123. The Bertz CT molecular complexity index is 584. The van der Waals surface area contributed by atoms with Crippen molar-refractivity contribution in [2.45, 2.75) is 24.8 Å². The molecule has 1 aromatic rings. The van der Waals surface area contributed by atoms with Gasteiger partial charge in [0.1, 0.15) is 0 Å².